The number of nitrogens with zero attached hydrogens (tertiary/aromatic N) is 3. The fraction of sp³-hybridized carbons (Fsp3) is 0.556. The van der Waals surface area contributed by atoms with E-state index >= 15 is 0 Å². The van der Waals surface area contributed by atoms with Crippen molar-refractivity contribution in [2.75, 3.05) is 31.6 Å². The Bertz CT molecular complexity index is 685. The van der Waals surface area contributed by atoms with E-state index in [1.54, 1.807) is 11.3 Å². The molecular formula is C18H25N3OS. The second-order valence-electron chi connectivity index (χ2n) is 6.82. The van der Waals surface area contributed by atoms with Crippen LogP contribution in [0.4, 0.5) is 5.13 Å². The van der Waals surface area contributed by atoms with Crippen LogP contribution in [0.1, 0.15) is 30.9 Å². The molecule has 0 aliphatic carbocycles. The first-order valence-corrected chi connectivity index (χ1v) is 9.13. The predicted molar refractivity (Wildman–Crippen MR) is 97.3 cm³/mol. The van der Waals surface area contributed by atoms with Gasteiger partial charge in [0.05, 0.1) is 16.8 Å². The van der Waals surface area contributed by atoms with Crippen LogP contribution in [0.3, 0.4) is 0 Å². The van der Waals surface area contributed by atoms with Crippen molar-refractivity contribution in [2.24, 2.45) is 5.92 Å². The molecule has 0 spiro atoms. The van der Waals surface area contributed by atoms with Gasteiger partial charge in [0.25, 0.3) is 0 Å². The minimum atomic E-state index is 0.215. The number of likely N-dealkylation sites (tertiary alicyclic amines) is 1. The molecule has 1 saturated heterocycles. The number of carbonyl (C=O) groups excluding carboxylic acids is 1. The van der Waals surface area contributed by atoms with Crippen LogP contribution >= 0.6 is 11.3 Å². The maximum Gasteiger partial charge on any atom is 0.242 e. The zero-order chi connectivity index (χ0) is 16.6. The number of likely N-dealkylation sites (N-methyl/N-ethyl adjacent to an activating group) is 1. The van der Waals surface area contributed by atoms with Crippen molar-refractivity contribution in [3.05, 3.63) is 23.3 Å². The van der Waals surface area contributed by atoms with E-state index in [0.29, 0.717) is 12.5 Å². The zero-order valence-corrected chi connectivity index (χ0v) is 15.2. The molecule has 0 saturated carbocycles. The monoisotopic (exact) mass is 331 g/mol. The number of rotatable bonds is 3. The van der Waals surface area contributed by atoms with Crippen molar-refractivity contribution in [3.63, 3.8) is 0 Å². The maximum atomic E-state index is 12.5. The highest BCUT2D eigenvalue weighted by Crippen LogP contribution is 2.32. The van der Waals surface area contributed by atoms with Gasteiger partial charge in [-0.15, -0.1) is 0 Å². The number of piperidine rings is 1. The third kappa shape index (κ3) is 3.34. The Morgan fingerprint density at radius 1 is 1.39 bits per heavy atom. The molecular weight excluding hydrogens is 306 g/mol. The molecule has 1 aromatic heterocycles. The summed E-state index contributed by atoms with van der Waals surface area (Å²) < 4.78 is 1.23. The van der Waals surface area contributed by atoms with Gasteiger partial charge < -0.3 is 9.80 Å². The molecule has 5 heteroatoms. The number of hydrogen-bond acceptors (Lipinski definition) is 4. The molecule has 0 bridgehead atoms. The Balaban J connectivity index is 1.75. The average molecular weight is 331 g/mol. The van der Waals surface area contributed by atoms with Gasteiger partial charge in [-0.3, -0.25) is 4.79 Å². The molecule has 124 valence electrons. The Morgan fingerprint density at radius 3 is 2.83 bits per heavy atom. The second kappa shape index (κ2) is 6.48. The fourth-order valence-corrected chi connectivity index (χ4v) is 4.27. The van der Waals surface area contributed by atoms with Crippen LogP contribution in [-0.2, 0) is 4.79 Å². The average Bonchev–Trinajstić information content (AvgIpc) is 2.97. The topological polar surface area (TPSA) is 36.4 Å². The van der Waals surface area contributed by atoms with Crippen LogP contribution in [-0.4, -0.2) is 42.5 Å². The highest BCUT2D eigenvalue weighted by molar-refractivity contribution is 7.22. The molecule has 23 heavy (non-hydrogen) atoms. The van der Waals surface area contributed by atoms with Gasteiger partial charge in [0.2, 0.25) is 5.91 Å². The van der Waals surface area contributed by atoms with Gasteiger partial charge in [0.15, 0.2) is 5.13 Å². The molecule has 2 aromatic rings. The predicted octanol–water partition coefficient (Wildman–Crippen LogP) is 3.61. The maximum absolute atomic E-state index is 12.5. The smallest absolute Gasteiger partial charge is 0.242 e. The van der Waals surface area contributed by atoms with Crippen LogP contribution in [0, 0.1) is 19.8 Å². The van der Waals surface area contributed by atoms with Gasteiger partial charge in [-0.1, -0.05) is 30.4 Å². The SMILES string of the molecule is Cc1ccc(C)c2sc(N(C)CC(=O)N3CCCC(C)C3)nc12. The third-order valence-corrected chi connectivity index (χ3v) is 5.94. The Hall–Kier alpha value is -1.62. The summed E-state index contributed by atoms with van der Waals surface area (Å²) in [6.45, 7) is 8.63. The van der Waals surface area contributed by atoms with Crippen molar-refractivity contribution in [2.45, 2.75) is 33.6 Å². The first-order valence-electron chi connectivity index (χ1n) is 8.31. The second-order valence-corrected chi connectivity index (χ2v) is 7.79. The molecule has 3 rings (SSSR count). The number of thiazole rings is 1. The first-order chi connectivity index (χ1) is 11.0. The third-order valence-electron chi connectivity index (χ3n) is 4.64. The summed E-state index contributed by atoms with van der Waals surface area (Å²) in [5.74, 6) is 0.831. The normalized spacial score (nSPS) is 18.4. The number of aryl methyl sites for hydroxylation is 2. The number of anilines is 1. The van der Waals surface area contributed by atoms with Crippen LogP contribution in [0.25, 0.3) is 10.2 Å². The number of amides is 1. The molecule has 1 aliphatic rings. The van der Waals surface area contributed by atoms with Crippen LogP contribution in [0.2, 0.25) is 0 Å². The molecule has 2 heterocycles. The van der Waals surface area contributed by atoms with Crippen LogP contribution in [0.5, 0.6) is 0 Å². The Labute approximate surface area is 142 Å². The minimum absolute atomic E-state index is 0.215. The van der Waals surface area contributed by atoms with E-state index in [0.717, 1.165) is 30.2 Å². The number of fused-ring (bicyclic) bond motifs is 1. The largest absolute Gasteiger partial charge is 0.342 e. The van der Waals surface area contributed by atoms with E-state index in [-0.39, 0.29) is 5.91 Å². The summed E-state index contributed by atoms with van der Waals surface area (Å²) in [4.78, 5) is 21.3. The lowest BCUT2D eigenvalue weighted by Gasteiger charge is -2.32. The van der Waals surface area contributed by atoms with Crippen molar-refractivity contribution in [1.29, 1.82) is 0 Å². The Morgan fingerprint density at radius 2 is 2.13 bits per heavy atom. The molecule has 1 amide bonds. The number of benzene rings is 1. The van der Waals surface area contributed by atoms with E-state index in [2.05, 4.69) is 32.9 Å². The van der Waals surface area contributed by atoms with Gasteiger partial charge in [0, 0.05) is 20.1 Å². The van der Waals surface area contributed by atoms with Gasteiger partial charge in [-0.25, -0.2) is 4.98 Å². The number of carbonyl (C=O) groups is 1. The summed E-state index contributed by atoms with van der Waals surface area (Å²) in [6.07, 6.45) is 2.35. The number of aromatic nitrogens is 1. The standard InChI is InChI=1S/C18H25N3OS/c1-12-6-5-9-21(10-12)15(22)11-20(4)18-19-16-13(2)7-8-14(3)17(16)23-18/h7-8,12H,5-6,9-11H2,1-4H3. The van der Waals surface area contributed by atoms with Gasteiger partial charge in [-0.2, -0.15) is 0 Å². The molecule has 1 fully saturated rings. The molecule has 1 aromatic carbocycles. The summed E-state index contributed by atoms with van der Waals surface area (Å²) in [7, 11) is 1.97. The van der Waals surface area contributed by atoms with E-state index in [9.17, 15) is 4.79 Å². The summed E-state index contributed by atoms with van der Waals surface area (Å²) in [5, 5.41) is 0.927. The van der Waals surface area contributed by atoms with Crippen LogP contribution in [0.15, 0.2) is 12.1 Å². The van der Waals surface area contributed by atoms with Crippen molar-refractivity contribution in [3.8, 4) is 0 Å². The fourth-order valence-electron chi connectivity index (χ4n) is 3.20. The first kappa shape index (κ1) is 16.2. The molecule has 1 atom stereocenters. The highest BCUT2D eigenvalue weighted by Gasteiger charge is 2.22. The van der Waals surface area contributed by atoms with Crippen molar-refractivity contribution >= 4 is 32.6 Å². The molecule has 1 unspecified atom stereocenters. The van der Waals surface area contributed by atoms with E-state index in [4.69, 9.17) is 4.98 Å². The number of hydrogen-bond donors (Lipinski definition) is 0. The van der Waals surface area contributed by atoms with Crippen LogP contribution < -0.4 is 4.90 Å². The molecule has 0 N–H and O–H groups in total. The molecule has 1 aliphatic heterocycles. The van der Waals surface area contributed by atoms with E-state index in [1.165, 1.54) is 22.2 Å². The van der Waals surface area contributed by atoms with Crippen molar-refractivity contribution in [1.82, 2.24) is 9.88 Å². The lowest BCUT2D eigenvalue weighted by atomic mass is 10.0. The van der Waals surface area contributed by atoms with E-state index < -0.39 is 0 Å². The Kier molecular flexibility index (Phi) is 4.57. The minimum Gasteiger partial charge on any atom is -0.342 e. The van der Waals surface area contributed by atoms with Gasteiger partial charge in [0.1, 0.15) is 0 Å². The van der Waals surface area contributed by atoms with E-state index in [1.807, 2.05) is 16.8 Å². The van der Waals surface area contributed by atoms with Crippen molar-refractivity contribution < 1.29 is 4.79 Å². The van der Waals surface area contributed by atoms with Gasteiger partial charge >= 0.3 is 0 Å². The zero-order valence-electron chi connectivity index (χ0n) is 14.4. The van der Waals surface area contributed by atoms with Gasteiger partial charge in [-0.05, 0) is 43.7 Å². The summed E-state index contributed by atoms with van der Waals surface area (Å²) >= 11 is 1.68. The summed E-state index contributed by atoms with van der Waals surface area (Å²) in [5.41, 5.74) is 3.51. The lowest BCUT2D eigenvalue weighted by molar-refractivity contribution is -0.131. The summed E-state index contributed by atoms with van der Waals surface area (Å²) in [6, 6.07) is 4.25. The quantitative estimate of drug-likeness (QED) is 0.862. The molecule has 0 radical (unpaired) electrons. The lowest BCUT2D eigenvalue weighted by Crippen LogP contribution is -2.44. The highest BCUT2D eigenvalue weighted by atomic mass is 32.1. The molecule has 4 nitrogen and oxygen atoms in total.